The van der Waals surface area contributed by atoms with Gasteiger partial charge in [-0.2, -0.15) is 13.2 Å². The minimum absolute atomic E-state index is 0.0268. The average Bonchev–Trinajstić information content (AvgIpc) is 2.16. The zero-order chi connectivity index (χ0) is 11.1. The Hall–Kier alpha value is -1.92. The van der Waals surface area contributed by atoms with Crippen LogP contribution in [0.4, 0.5) is 13.2 Å². The summed E-state index contributed by atoms with van der Waals surface area (Å²) in [4.78, 5) is 20.1. The summed E-state index contributed by atoms with van der Waals surface area (Å²) in [6.07, 6.45) is -2.64. The van der Waals surface area contributed by atoms with Crippen LogP contribution >= 0.6 is 0 Å². The molecule has 0 atom stereocenters. The Morgan fingerprint density at radius 2 is 2.00 bits per heavy atom. The predicted molar refractivity (Wildman–Crippen MR) is 45.2 cm³/mol. The van der Waals surface area contributed by atoms with E-state index in [1.54, 1.807) is 0 Å². The fourth-order valence-corrected chi connectivity index (χ4v) is 1.23. The highest BCUT2D eigenvalue weighted by atomic mass is 19.4. The molecule has 2 heterocycles. The van der Waals surface area contributed by atoms with Gasteiger partial charge in [0.05, 0.1) is 17.2 Å². The average molecular weight is 215 g/mol. The van der Waals surface area contributed by atoms with Crippen LogP contribution in [0.1, 0.15) is 5.69 Å². The molecule has 0 radical (unpaired) electrons. The van der Waals surface area contributed by atoms with Crippen molar-refractivity contribution in [1.82, 2.24) is 15.0 Å². The fourth-order valence-electron chi connectivity index (χ4n) is 1.23. The van der Waals surface area contributed by atoms with E-state index in [9.17, 15) is 18.0 Å². The largest absolute Gasteiger partial charge is 0.434 e. The van der Waals surface area contributed by atoms with E-state index >= 15 is 0 Å². The molecule has 0 aliphatic rings. The molecule has 0 unspecified atom stereocenters. The molecule has 0 aromatic carbocycles. The number of nitrogens with one attached hydrogen (secondary N) is 1. The van der Waals surface area contributed by atoms with E-state index in [0.717, 1.165) is 12.5 Å². The normalized spacial score (nSPS) is 11.9. The molecule has 0 bridgehead atoms. The molecule has 0 amide bonds. The lowest BCUT2D eigenvalue weighted by Crippen LogP contribution is -2.16. The number of halogens is 3. The molecule has 7 heteroatoms. The monoisotopic (exact) mass is 215 g/mol. The molecule has 0 fully saturated rings. The van der Waals surface area contributed by atoms with Crippen LogP contribution in [-0.4, -0.2) is 15.0 Å². The number of H-pyrrole nitrogens is 1. The van der Waals surface area contributed by atoms with Gasteiger partial charge in [0.2, 0.25) is 0 Å². The third-order valence-corrected chi connectivity index (χ3v) is 1.82. The first-order valence-corrected chi connectivity index (χ1v) is 3.90. The highest BCUT2D eigenvalue weighted by Gasteiger charge is 2.35. The summed E-state index contributed by atoms with van der Waals surface area (Å²) in [6, 6.07) is 1.25. The van der Waals surface area contributed by atoms with Gasteiger partial charge in [0.1, 0.15) is 0 Å². The van der Waals surface area contributed by atoms with Crippen LogP contribution < -0.4 is 5.56 Å². The number of pyridine rings is 1. The summed E-state index contributed by atoms with van der Waals surface area (Å²) in [5.41, 5.74) is -2.09. The van der Waals surface area contributed by atoms with Gasteiger partial charge < -0.3 is 4.98 Å². The van der Waals surface area contributed by atoms with Gasteiger partial charge in [0.15, 0.2) is 5.69 Å². The first-order chi connectivity index (χ1) is 7.00. The van der Waals surface area contributed by atoms with Gasteiger partial charge >= 0.3 is 6.18 Å². The molecule has 0 spiro atoms. The highest BCUT2D eigenvalue weighted by molar-refractivity contribution is 5.79. The van der Waals surface area contributed by atoms with Crippen LogP contribution in [-0.2, 0) is 6.18 Å². The highest BCUT2D eigenvalue weighted by Crippen LogP contribution is 2.30. The van der Waals surface area contributed by atoms with Crippen molar-refractivity contribution in [3.63, 3.8) is 0 Å². The molecule has 0 saturated carbocycles. The van der Waals surface area contributed by atoms with Crippen molar-refractivity contribution in [2.24, 2.45) is 0 Å². The predicted octanol–water partition coefficient (Wildman–Crippen LogP) is 1.34. The second kappa shape index (κ2) is 3.04. The number of aromatic nitrogens is 3. The van der Waals surface area contributed by atoms with Crippen molar-refractivity contribution in [2.75, 3.05) is 0 Å². The number of hydrogen-bond donors (Lipinski definition) is 1. The van der Waals surface area contributed by atoms with Gasteiger partial charge in [-0.25, -0.2) is 4.98 Å². The number of hydrogen-bond acceptors (Lipinski definition) is 3. The Kier molecular flexibility index (Phi) is 1.95. The lowest BCUT2D eigenvalue weighted by atomic mass is 10.2. The SMILES string of the molecule is O=c1[nH]cnc2ccnc(C(F)(F)F)c12. The van der Waals surface area contributed by atoms with Crippen molar-refractivity contribution in [2.45, 2.75) is 6.18 Å². The lowest BCUT2D eigenvalue weighted by molar-refractivity contribution is -0.139. The second-order valence-corrected chi connectivity index (χ2v) is 2.78. The Labute approximate surface area is 80.8 Å². The van der Waals surface area contributed by atoms with E-state index in [-0.39, 0.29) is 5.52 Å². The van der Waals surface area contributed by atoms with Crippen LogP contribution in [0.25, 0.3) is 10.9 Å². The van der Waals surface area contributed by atoms with E-state index in [4.69, 9.17) is 0 Å². The summed E-state index contributed by atoms with van der Waals surface area (Å²) in [5.74, 6) is 0. The van der Waals surface area contributed by atoms with Gasteiger partial charge in [-0.15, -0.1) is 0 Å². The van der Waals surface area contributed by atoms with Crippen LogP contribution in [0, 0.1) is 0 Å². The summed E-state index contributed by atoms with van der Waals surface area (Å²) in [6.45, 7) is 0. The smallest absolute Gasteiger partial charge is 0.313 e. The van der Waals surface area contributed by atoms with Crippen molar-refractivity contribution in [3.05, 3.63) is 34.6 Å². The Bertz CT molecular complexity index is 556. The molecule has 15 heavy (non-hydrogen) atoms. The number of nitrogens with zero attached hydrogens (tertiary/aromatic N) is 2. The molecule has 2 aromatic heterocycles. The first kappa shape index (κ1) is 9.63. The lowest BCUT2D eigenvalue weighted by Gasteiger charge is -2.06. The molecule has 4 nitrogen and oxygen atoms in total. The van der Waals surface area contributed by atoms with Crippen LogP contribution in [0.15, 0.2) is 23.4 Å². The summed E-state index contributed by atoms with van der Waals surface area (Å²) < 4.78 is 37.4. The minimum atomic E-state index is -4.66. The molecule has 0 aliphatic carbocycles. The number of alkyl halides is 3. The van der Waals surface area contributed by atoms with E-state index in [1.807, 2.05) is 0 Å². The third-order valence-electron chi connectivity index (χ3n) is 1.82. The molecular weight excluding hydrogens is 211 g/mol. The zero-order valence-electron chi connectivity index (χ0n) is 7.17. The topological polar surface area (TPSA) is 58.6 Å². The van der Waals surface area contributed by atoms with E-state index in [2.05, 4.69) is 15.0 Å². The van der Waals surface area contributed by atoms with E-state index in [0.29, 0.717) is 0 Å². The molecule has 78 valence electrons. The van der Waals surface area contributed by atoms with Gasteiger partial charge in [-0.05, 0) is 6.07 Å². The van der Waals surface area contributed by atoms with Crippen LogP contribution in [0.2, 0.25) is 0 Å². The first-order valence-electron chi connectivity index (χ1n) is 3.90. The van der Waals surface area contributed by atoms with Crippen molar-refractivity contribution in [3.8, 4) is 0 Å². The molecule has 0 aliphatic heterocycles. The molecule has 2 rings (SSSR count). The number of aromatic amines is 1. The third kappa shape index (κ3) is 1.56. The van der Waals surface area contributed by atoms with E-state index in [1.165, 1.54) is 6.07 Å². The molecular formula is C8H4F3N3O. The molecule has 2 aromatic rings. The fraction of sp³-hybridized carbons (Fsp3) is 0.125. The second-order valence-electron chi connectivity index (χ2n) is 2.78. The van der Waals surface area contributed by atoms with E-state index < -0.39 is 22.8 Å². The number of fused-ring (bicyclic) bond motifs is 1. The quantitative estimate of drug-likeness (QED) is 0.721. The summed E-state index contributed by atoms with van der Waals surface area (Å²) >= 11 is 0. The Morgan fingerprint density at radius 1 is 1.27 bits per heavy atom. The summed E-state index contributed by atoms with van der Waals surface area (Å²) in [7, 11) is 0. The maximum atomic E-state index is 12.5. The van der Waals surface area contributed by atoms with Crippen molar-refractivity contribution in [1.29, 1.82) is 0 Å². The number of rotatable bonds is 0. The summed E-state index contributed by atoms with van der Waals surface area (Å²) in [5, 5.41) is -0.535. The molecule has 1 N–H and O–H groups in total. The van der Waals surface area contributed by atoms with Gasteiger partial charge in [0, 0.05) is 6.20 Å². The Morgan fingerprint density at radius 3 is 2.67 bits per heavy atom. The molecule has 0 saturated heterocycles. The van der Waals surface area contributed by atoms with Gasteiger partial charge in [-0.1, -0.05) is 0 Å². The maximum absolute atomic E-state index is 12.5. The Balaban J connectivity index is 2.93. The standard InChI is InChI=1S/C8H4F3N3O/c9-8(10,11)6-5-4(1-2-12-6)13-3-14-7(5)15/h1-3H,(H,13,14,15). The van der Waals surface area contributed by atoms with Crippen LogP contribution in [0.5, 0.6) is 0 Å². The van der Waals surface area contributed by atoms with Crippen molar-refractivity contribution >= 4 is 10.9 Å². The maximum Gasteiger partial charge on any atom is 0.434 e. The minimum Gasteiger partial charge on any atom is -0.313 e. The van der Waals surface area contributed by atoms with Crippen molar-refractivity contribution < 1.29 is 13.2 Å². The zero-order valence-corrected chi connectivity index (χ0v) is 7.17. The van der Waals surface area contributed by atoms with Gasteiger partial charge in [0.25, 0.3) is 5.56 Å². The van der Waals surface area contributed by atoms with Gasteiger partial charge in [-0.3, -0.25) is 9.78 Å². The van der Waals surface area contributed by atoms with Crippen LogP contribution in [0.3, 0.4) is 0 Å².